The van der Waals surface area contributed by atoms with Crippen LogP contribution < -0.4 is 15.5 Å². The van der Waals surface area contributed by atoms with Gasteiger partial charge in [0, 0.05) is 23.5 Å². The van der Waals surface area contributed by atoms with Gasteiger partial charge in [-0.1, -0.05) is 30.7 Å². The topological polar surface area (TPSA) is 78.5 Å². The van der Waals surface area contributed by atoms with Crippen LogP contribution in [0.3, 0.4) is 0 Å². The molecule has 3 amide bonds. The zero-order chi connectivity index (χ0) is 20.8. The number of nitrogens with zero attached hydrogens (tertiary/aromatic N) is 1. The predicted molar refractivity (Wildman–Crippen MR) is 115 cm³/mol. The van der Waals surface area contributed by atoms with Crippen LogP contribution in [0.2, 0.25) is 0 Å². The Bertz CT molecular complexity index is 849. The molecule has 2 aromatic rings. The number of hydrogen-bond donors (Lipinski definition) is 2. The van der Waals surface area contributed by atoms with Crippen LogP contribution in [-0.2, 0) is 14.4 Å². The highest BCUT2D eigenvalue weighted by molar-refractivity contribution is 7.10. The Balaban J connectivity index is 1.84. The molecule has 1 fully saturated rings. The summed E-state index contributed by atoms with van der Waals surface area (Å²) in [5.74, 6) is -0.793. The monoisotopic (exact) mass is 413 g/mol. The van der Waals surface area contributed by atoms with E-state index in [1.54, 1.807) is 4.90 Å². The molecule has 1 saturated heterocycles. The zero-order valence-electron chi connectivity index (χ0n) is 16.8. The van der Waals surface area contributed by atoms with Gasteiger partial charge < -0.3 is 15.5 Å². The van der Waals surface area contributed by atoms with Crippen LogP contribution in [0.1, 0.15) is 42.7 Å². The summed E-state index contributed by atoms with van der Waals surface area (Å²) < 4.78 is 0. The van der Waals surface area contributed by atoms with Gasteiger partial charge in [-0.25, -0.2) is 0 Å². The van der Waals surface area contributed by atoms with Crippen molar-refractivity contribution in [1.82, 2.24) is 10.6 Å². The fraction of sp³-hybridized carbons (Fsp3) is 0.409. The standard InChI is InChI=1S/C22H27N3O3S/c1-3-12-23-19(26)14-24-22(28)17-10-11-20(27)25(16-8-6-15(2)7-9-16)21(17)18-5-4-13-29-18/h4-9,13,17,21H,3,10-12,14H2,1-2H3,(H,23,26)(H,24,28). The molecule has 2 heterocycles. The quantitative estimate of drug-likeness (QED) is 0.732. The van der Waals surface area contributed by atoms with Crippen molar-refractivity contribution in [3.8, 4) is 0 Å². The van der Waals surface area contributed by atoms with Crippen molar-refractivity contribution in [2.75, 3.05) is 18.0 Å². The number of piperidine rings is 1. The van der Waals surface area contributed by atoms with Gasteiger partial charge in [0.15, 0.2) is 0 Å². The number of carbonyl (C=O) groups excluding carboxylic acids is 3. The number of rotatable bonds is 7. The van der Waals surface area contributed by atoms with Gasteiger partial charge in [0.25, 0.3) is 0 Å². The van der Waals surface area contributed by atoms with Crippen molar-refractivity contribution in [3.63, 3.8) is 0 Å². The molecule has 0 aliphatic carbocycles. The molecule has 154 valence electrons. The highest BCUT2D eigenvalue weighted by atomic mass is 32.1. The summed E-state index contributed by atoms with van der Waals surface area (Å²) in [4.78, 5) is 40.5. The minimum atomic E-state index is -0.411. The van der Waals surface area contributed by atoms with Crippen LogP contribution in [0.15, 0.2) is 41.8 Å². The van der Waals surface area contributed by atoms with Gasteiger partial charge in [0.1, 0.15) is 0 Å². The lowest BCUT2D eigenvalue weighted by Crippen LogP contribution is -2.49. The van der Waals surface area contributed by atoms with Gasteiger partial charge in [-0.05, 0) is 43.3 Å². The number of carbonyl (C=O) groups is 3. The average molecular weight is 414 g/mol. The molecule has 2 unspecified atom stereocenters. The molecule has 0 bridgehead atoms. The van der Waals surface area contributed by atoms with Crippen LogP contribution in [0.25, 0.3) is 0 Å². The van der Waals surface area contributed by atoms with E-state index in [2.05, 4.69) is 10.6 Å². The highest BCUT2D eigenvalue weighted by Crippen LogP contribution is 2.41. The molecule has 0 saturated carbocycles. The van der Waals surface area contributed by atoms with Crippen LogP contribution >= 0.6 is 11.3 Å². The molecule has 1 aliphatic heterocycles. The van der Waals surface area contributed by atoms with Crippen molar-refractivity contribution in [2.24, 2.45) is 5.92 Å². The van der Waals surface area contributed by atoms with Gasteiger partial charge in [0.05, 0.1) is 18.5 Å². The van der Waals surface area contributed by atoms with E-state index in [0.717, 1.165) is 22.5 Å². The Morgan fingerprint density at radius 3 is 2.59 bits per heavy atom. The number of hydrogen-bond acceptors (Lipinski definition) is 4. The Morgan fingerprint density at radius 2 is 1.93 bits per heavy atom. The van der Waals surface area contributed by atoms with Crippen LogP contribution in [0.5, 0.6) is 0 Å². The molecule has 2 N–H and O–H groups in total. The first-order chi connectivity index (χ1) is 14.0. The van der Waals surface area contributed by atoms with Gasteiger partial charge in [-0.15, -0.1) is 11.3 Å². The zero-order valence-corrected chi connectivity index (χ0v) is 17.6. The van der Waals surface area contributed by atoms with E-state index >= 15 is 0 Å². The minimum absolute atomic E-state index is 0.0111. The van der Waals surface area contributed by atoms with E-state index < -0.39 is 5.92 Å². The lowest BCUT2D eigenvalue weighted by Gasteiger charge is -2.40. The van der Waals surface area contributed by atoms with Crippen molar-refractivity contribution < 1.29 is 14.4 Å². The van der Waals surface area contributed by atoms with Crippen LogP contribution in [0, 0.1) is 12.8 Å². The van der Waals surface area contributed by atoms with Gasteiger partial charge in [-0.2, -0.15) is 0 Å². The van der Waals surface area contributed by atoms with Crippen LogP contribution in [0.4, 0.5) is 5.69 Å². The predicted octanol–water partition coefficient (Wildman–Crippen LogP) is 3.18. The number of benzene rings is 1. The summed E-state index contributed by atoms with van der Waals surface area (Å²) in [5.41, 5.74) is 1.90. The molecular formula is C22H27N3O3S. The number of nitrogens with one attached hydrogen (secondary N) is 2. The lowest BCUT2D eigenvalue weighted by atomic mass is 9.86. The maximum Gasteiger partial charge on any atom is 0.239 e. The Labute approximate surface area is 175 Å². The van der Waals surface area contributed by atoms with E-state index in [4.69, 9.17) is 0 Å². The third kappa shape index (κ3) is 5.03. The second kappa shape index (κ2) is 9.69. The molecule has 1 aromatic carbocycles. The number of thiophene rings is 1. The summed E-state index contributed by atoms with van der Waals surface area (Å²) in [5, 5.41) is 7.48. The largest absolute Gasteiger partial charge is 0.355 e. The molecule has 1 aliphatic rings. The van der Waals surface area contributed by atoms with Gasteiger partial charge >= 0.3 is 0 Å². The lowest BCUT2D eigenvalue weighted by molar-refractivity contribution is -0.131. The number of anilines is 1. The maximum absolute atomic E-state index is 13.0. The third-order valence-corrected chi connectivity index (χ3v) is 6.02. The maximum atomic E-state index is 13.0. The summed E-state index contributed by atoms with van der Waals surface area (Å²) >= 11 is 1.54. The molecule has 7 heteroatoms. The third-order valence-electron chi connectivity index (χ3n) is 5.08. The first kappa shape index (κ1) is 21.0. The molecule has 0 radical (unpaired) electrons. The summed E-state index contributed by atoms with van der Waals surface area (Å²) in [6, 6.07) is 11.3. The smallest absolute Gasteiger partial charge is 0.239 e. The molecule has 3 rings (SSSR count). The first-order valence-corrected chi connectivity index (χ1v) is 10.9. The Morgan fingerprint density at radius 1 is 1.17 bits per heavy atom. The van der Waals surface area contributed by atoms with Crippen LogP contribution in [-0.4, -0.2) is 30.8 Å². The molecular weight excluding hydrogens is 386 g/mol. The molecule has 29 heavy (non-hydrogen) atoms. The molecule has 2 atom stereocenters. The number of amides is 3. The normalized spacial score (nSPS) is 19.1. The van der Waals surface area contributed by atoms with E-state index in [1.165, 1.54) is 11.3 Å². The molecule has 1 aromatic heterocycles. The van der Waals surface area contributed by atoms with Crippen molar-refractivity contribution in [1.29, 1.82) is 0 Å². The summed E-state index contributed by atoms with van der Waals surface area (Å²) in [6.07, 6.45) is 1.61. The van der Waals surface area contributed by atoms with E-state index in [9.17, 15) is 14.4 Å². The molecule has 6 nitrogen and oxygen atoms in total. The number of aryl methyl sites for hydroxylation is 1. The fourth-order valence-electron chi connectivity index (χ4n) is 3.59. The van der Waals surface area contributed by atoms with Gasteiger partial charge in [-0.3, -0.25) is 14.4 Å². The summed E-state index contributed by atoms with van der Waals surface area (Å²) in [6.45, 7) is 4.51. The Kier molecular flexibility index (Phi) is 7.04. The van der Waals surface area contributed by atoms with E-state index in [0.29, 0.717) is 19.4 Å². The molecule has 0 spiro atoms. The Hall–Kier alpha value is -2.67. The van der Waals surface area contributed by atoms with Crippen molar-refractivity contribution in [2.45, 2.75) is 39.2 Å². The minimum Gasteiger partial charge on any atom is -0.355 e. The average Bonchev–Trinajstić information content (AvgIpc) is 3.25. The van der Waals surface area contributed by atoms with Crippen molar-refractivity contribution in [3.05, 3.63) is 52.2 Å². The van der Waals surface area contributed by atoms with Crippen molar-refractivity contribution >= 4 is 34.7 Å². The second-order valence-corrected chi connectivity index (χ2v) is 8.25. The SMILES string of the molecule is CCCNC(=O)CNC(=O)C1CCC(=O)N(c2ccc(C)cc2)C1c1cccs1. The second-order valence-electron chi connectivity index (χ2n) is 7.27. The highest BCUT2D eigenvalue weighted by Gasteiger charge is 2.41. The van der Waals surface area contributed by atoms with E-state index in [1.807, 2.05) is 55.6 Å². The first-order valence-electron chi connectivity index (χ1n) is 9.97. The van der Waals surface area contributed by atoms with E-state index in [-0.39, 0.29) is 30.3 Å². The summed E-state index contributed by atoms with van der Waals surface area (Å²) in [7, 11) is 0. The van der Waals surface area contributed by atoms with Gasteiger partial charge in [0.2, 0.25) is 17.7 Å². The fourth-order valence-corrected chi connectivity index (χ4v) is 4.47.